The van der Waals surface area contributed by atoms with Gasteiger partial charge in [-0.15, -0.1) is 0 Å². The number of hydrogen-bond acceptors (Lipinski definition) is 3. The lowest BCUT2D eigenvalue weighted by Gasteiger charge is -1.96. The van der Waals surface area contributed by atoms with Gasteiger partial charge in [0.05, 0.1) is 0 Å². The van der Waals surface area contributed by atoms with E-state index < -0.39 is 0 Å². The SMILES string of the molecule is Cn1nc(Cl)cc(N)c1=O. The first-order valence-electron chi connectivity index (χ1n) is 2.60. The molecule has 0 unspecified atom stereocenters. The third kappa shape index (κ3) is 1.11. The highest BCUT2D eigenvalue weighted by atomic mass is 35.5. The summed E-state index contributed by atoms with van der Waals surface area (Å²) in [6.45, 7) is 0. The van der Waals surface area contributed by atoms with Crippen LogP contribution in [0.5, 0.6) is 0 Å². The highest BCUT2D eigenvalue weighted by molar-refractivity contribution is 6.29. The summed E-state index contributed by atoms with van der Waals surface area (Å²) in [5.41, 5.74) is 5.05. The molecule has 0 aliphatic carbocycles. The molecule has 0 saturated carbocycles. The Balaban J connectivity index is 3.46. The van der Waals surface area contributed by atoms with E-state index in [-0.39, 0.29) is 16.4 Å². The second-order valence-electron chi connectivity index (χ2n) is 1.85. The van der Waals surface area contributed by atoms with Crippen molar-refractivity contribution in [1.29, 1.82) is 0 Å². The second kappa shape index (κ2) is 2.30. The third-order valence-electron chi connectivity index (χ3n) is 1.06. The molecule has 0 atom stereocenters. The molecule has 54 valence electrons. The molecule has 4 nitrogen and oxygen atoms in total. The fourth-order valence-electron chi connectivity index (χ4n) is 0.594. The fraction of sp³-hybridized carbons (Fsp3) is 0.200. The quantitative estimate of drug-likeness (QED) is 0.581. The van der Waals surface area contributed by atoms with E-state index in [2.05, 4.69) is 5.10 Å². The van der Waals surface area contributed by atoms with Gasteiger partial charge in [0.1, 0.15) is 5.69 Å². The molecule has 0 amide bonds. The maximum absolute atomic E-state index is 10.8. The molecule has 0 aliphatic heterocycles. The van der Waals surface area contributed by atoms with Gasteiger partial charge in [-0.1, -0.05) is 11.6 Å². The molecule has 0 spiro atoms. The Morgan fingerprint density at radius 3 is 2.90 bits per heavy atom. The number of hydrogen-bond donors (Lipinski definition) is 1. The van der Waals surface area contributed by atoms with Crippen molar-refractivity contribution >= 4 is 17.3 Å². The average molecular weight is 160 g/mol. The van der Waals surface area contributed by atoms with Crippen LogP contribution >= 0.6 is 11.6 Å². The van der Waals surface area contributed by atoms with Crippen molar-refractivity contribution in [3.8, 4) is 0 Å². The Hall–Kier alpha value is -1.03. The van der Waals surface area contributed by atoms with E-state index in [1.54, 1.807) is 0 Å². The molecule has 10 heavy (non-hydrogen) atoms. The number of rotatable bonds is 0. The maximum Gasteiger partial charge on any atom is 0.289 e. The van der Waals surface area contributed by atoms with E-state index in [4.69, 9.17) is 17.3 Å². The molecule has 1 aromatic rings. The third-order valence-corrected chi connectivity index (χ3v) is 1.25. The summed E-state index contributed by atoms with van der Waals surface area (Å²) in [4.78, 5) is 10.8. The van der Waals surface area contributed by atoms with Crippen LogP contribution < -0.4 is 11.3 Å². The van der Waals surface area contributed by atoms with Crippen molar-refractivity contribution in [2.75, 3.05) is 5.73 Å². The van der Waals surface area contributed by atoms with Gasteiger partial charge in [-0.25, -0.2) is 4.68 Å². The Bertz CT molecular complexity index is 280. The summed E-state index contributed by atoms with van der Waals surface area (Å²) in [6.07, 6.45) is 0. The molecule has 0 aromatic carbocycles. The summed E-state index contributed by atoms with van der Waals surface area (Å²) in [7, 11) is 1.49. The number of nitrogens with zero attached hydrogens (tertiary/aromatic N) is 2. The van der Waals surface area contributed by atoms with Crippen LogP contribution in [0.3, 0.4) is 0 Å². The van der Waals surface area contributed by atoms with Gasteiger partial charge in [0.25, 0.3) is 5.56 Å². The molecule has 1 heterocycles. The molecule has 0 bridgehead atoms. The molecule has 2 N–H and O–H groups in total. The number of nitrogen functional groups attached to an aromatic ring is 1. The monoisotopic (exact) mass is 159 g/mol. The smallest absolute Gasteiger partial charge is 0.289 e. The Kier molecular flexibility index (Phi) is 1.63. The lowest BCUT2D eigenvalue weighted by molar-refractivity contribution is 0.711. The van der Waals surface area contributed by atoms with Gasteiger partial charge in [-0.3, -0.25) is 4.79 Å². The first kappa shape index (κ1) is 7.08. The summed E-state index contributed by atoms with van der Waals surface area (Å²) in [5.74, 6) is 0. The first-order chi connectivity index (χ1) is 4.61. The van der Waals surface area contributed by atoms with Gasteiger partial charge in [0.2, 0.25) is 0 Å². The topological polar surface area (TPSA) is 60.9 Å². The van der Waals surface area contributed by atoms with Crippen LogP contribution in [-0.4, -0.2) is 9.78 Å². The highest BCUT2D eigenvalue weighted by Gasteiger charge is 1.98. The minimum Gasteiger partial charge on any atom is -0.394 e. The lowest BCUT2D eigenvalue weighted by atomic mass is 10.5. The van der Waals surface area contributed by atoms with Gasteiger partial charge in [0, 0.05) is 13.1 Å². The molecule has 0 aliphatic rings. The van der Waals surface area contributed by atoms with E-state index in [1.165, 1.54) is 13.1 Å². The molecular weight excluding hydrogens is 154 g/mol. The molecule has 0 radical (unpaired) electrons. The van der Waals surface area contributed by atoms with E-state index in [0.29, 0.717) is 0 Å². The standard InChI is InChI=1S/C5H6ClN3O/c1-9-5(10)3(7)2-4(6)8-9/h2H,7H2,1H3. The van der Waals surface area contributed by atoms with E-state index in [1.807, 2.05) is 0 Å². The maximum atomic E-state index is 10.8. The Morgan fingerprint density at radius 1 is 1.80 bits per heavy atom. The van der Waals surface area contributed by atoms with Crippen LogP contribution in [0, 0.1) is 0 Å². The van der Waals surface area contributed by atoms with Crippen LogP contribution in [0.15, 0.2) is 10.9 Å². The molecule has 0 saturated heterocycles. The minimum absolute atomic E-state index is 0.113. The van der Waals surface area contributed by atoms with Crippen molar-refractivity contribution in [3.05, 3.63) is 21.6 Å². The van der Waals surface area contributed by atoms with Gasteiger partial charge in [-0.2, -0.15) is 5.10 Å². The summed E-state index contributed by atoms with van der Waals surface area (Å²) in [6, 6.07) is 1.32. The summed E-state index contributed by atoms with van der Waals surface area (Å²) >= 11 is 5.47. The summed E-state index contributed by atoms with van der Waals surface area (Å²) in [5, 5.41) is 3.85. The van der Waals surface area contributed by atoms with Crippen LogP contribution in [-0.2, 0) is 7.05 Å². The van der Waals surface area contributed by atoms with Crippen LogP contribution in [0.2, 0.25) is 5.15 Å². The Labute approximate surface area is 62.2 Å². The predicted molar refractivity (Wildman–Crippen MR) is 38.9 cm³/mol. The van der Waals surface area contributed by atoms with Crippen LogP contribution in [0.1, 0.15) is 0 Å². The predicted octanol–water partition coefficient (Wildman–Crippen LogP) is 0.0159. The van der Waals surface area contributed by atoms with Gasteiger partial charge in [0.15, 0.2) is 5.15 Å². The largest absolute Gasteiger partial charge is 0.394 e. The van der Waals surface area contributed by atoms with E-state index in [0.717, 1.165) is 4.68 Å². The van der Waals surface area contributed by atoms with Crippen LogP contribution in [0.25, 0.3) is 0 Å². The highest BCUT2D eigenvalue weighted by Crippen LogP contribution is 2.02. The Morgan fingerprint density at radius 2 is 2.40 bits per heavy atom. The summed E-state index contributed by atoms with van der Waals surface area (Å²) < 4.78 is 1.09. The number of aryl methyl sites for hydroxylation is 1. The van der Waals surface area contributed by atoms with Gasteiger partial charge < -0.3 is 5.73 Å². The first-order valence-corrected chi connectivity index (χ1v) is 2.98. The molecular formula is C5H6ClN3O. The van der Waals surface area contributed by atoms with Crippen molar-refractivity contribution in [2.45, 2.75) is 0 Å². The number of anilines is 1. The molecule has 1 rings (SSSR count). The zero-order valence-corrected chi connectivity index (χ0v) is 6.09. The molecule has 0 fully saturated rings. The van der Waals surface area contributed by atoms with E-state index in [9.17, 15) is 4.79 Å². The zero-order valence-electron chi connectivity index (χ0n) is 5.34. The van der Waals surface area contributed by atoms with Crippen LogP contribution in [0.4, 0.5) is 5.69 Å². The van der Waals surface area contributed by atoms with Gasteiger partial charge >= 0.3 is 0 Å². The average Bonchev–Trinajstić information content (AvgIpc) is 1.82. The molecule has 1 aromatic heterocycles. The van der Waals surface area contributed by atoms with Crippen molar-refractivity contribution < 1.29 is 0 Å². The second-order valence-corrected chi connectivity index (χ2v) is 2.24. The zero-order chi connectivity index (χ0) is 7.72. The van der Waals surface area contributed by atoms with Crippen molar-refractivity contribution in [3.63, 3.8) is 0 Å². The number of halogens is 1. The van der Waals surface area contributed by atoms with Gasteiger partial charge in [-0.05, 0) is 0 Å². The lowest BCUT2D eigenvalue weighted by Crippen LogP contribution is -2.22. The molecule has 5 heteroatoms. The fourth-order valence-corrected chi connectivity index (χ4v) is 0.825. The van der Waals surface area contributed by atoms with E-state index >= 15 is 0 Å². The van der Waals surface area contributed by atoms with Crippen molar-refractivity contribution in [2.24, 2.45) is 7.05 Å². The number of aromatic nitrogens is 2. The number of nitrogens with two attached hydrogens (primary N) is 1. The van der Waals surface area contributed by atoms with Crippen molar-refractivity contribution in [1.82, 2.24) is 9.78 Å². The normalized spacial score (nSPS) is 9.80. The minimum atomic E-state index is -0.329.